The maximum atomic E-state index is 14.3. The molecule has 1 amide bonds. The Hall–Kier alpha value is -8.47. The van der Waals surface area contributed by atoms with Crippen LogP contribution in [-0.2, 0) is 45.3 Å². The lowest BCUT2D eigenvalue weighted by Gasteiger charge is -2.48. The lowest BCUT2D eigenvalue weighted by molar-refractivity contribution is -0.155. The molecule has 7 aromatic rings. The zero-order valence-electron chi connectivity index (χ0n) is 40.1. The Morgan fingerprint density at radius 2 is 1.28 bits per heavy atom. The topological polar surface area (TPSA) is 150 Å². The Morgan fingerprint density at radius 3 is 1.81 bits per heavy atom. The van der Waals surface area contributed by atoms with Gasteiger partial charge in [-0.3, -0.25) is 19.2 Å². The van der Waals surface area contributed by atoms with Crippen molar-refractivity contribution in [3.8, 4) is 11.8 Å². The van der Waals surface area contributed by atoms with Gasteiger partial charge in [0.05, 0.1) is 12.0 Å². The molecule has 1 aliphatic rings. The summed E-state index contributed by atoms with van der Waals surface area (Å²) in [6.45, 7) is 2.97. The number of anilines is 1. The summed E-state index contributed by atoms with van der Waals surface area (Å²) in [5.74, 6) is 4.02. The van der Waals surface area contributed by atoms with Crippen molar-refractivity contribution >= 4 is 29.5 Å². The van der Waals surface area contributed by atoms with Crippen LogP contribution in [-0.4, -0.2) is 62.5 Å². The highest BCUT2D eigenvalue weighted by Gasteiger charge is 2.48. The molecule has 3 atom stereocenters. The molecule has 1 saturated heterocycles. The average molecular weight is 965 g/mol. The number of hydrogen-bond donors (Lipinski definition) is 1. The number of hydrogen-bond acceptors (Lipinski definition) is 10. The molecule has 0 aliphatic carbocycles. The summed E-state index contributed by atoms with van der Waals surface area (Å²) in [6.07, 6.45) is 5.24. The highest BCUT2D eigenvalue weighted by Crippen LogP contribution is 2.47. The Morgan fingerprint density at radius 1 is 0.722 bits per heavy atom. The molecule has 72 heavy (non-hydrogen) atoms. The average Bonchev–Trinajstić information content (AvgIpc) is 3.87. The zero-order chi connectivity index (χ0) is 50.7. The minimum atomic E-state index is -1.73. The summed E-state index contributed by atoms with van der Waals surface area (Å²) in [5, 5.41) is 16.0. The van der Waals surface area contributed by atoms with Crippen LogP contribution in [0.1, 0.15) is 90.5 Å². The van der Waals surface area contributed by atoms with Crippen molar-refractivity contribution in [3.05, 3.63) is 233 Å². The van der Waals surface area contributed by atoms with Gasteiger partial charge in [-0.1, -0.05) is 139 Å². The first-order chi connectivity index (χ1) is 34.8. The smallest absolute Gasteiger partial charge is 0.303 e. The Balaban J connectivity index is 1.05. The minimum Gasteiger partial charge on any atom is -0.462 e. The molecule has 0 unspecified atom stereocenters. The van der Waals surface area contributed by atoms with E-state index in [4.69, 9.17) is 19.3 Å². The molecule has 8 rings (SSSR count). The van der Waals surface area contributed by atoms with Gasteiger partial charge in [-0.2, -0.15) is 0 Å². The Kier molecular flexibility index (Phi) is 15.6. The van der Waals surface area contributed by atoms with Crippen molar-refractivity contribution in [2.45, 2.75) is 63.3 Å². The summed E-state index contributed by atoms with van der Waals surface area (Å²) in [4.78, 5) is 55.8. The third-order valence-corrected chi connectivity index (χ3v) is 12.5. The first-order valence-corrected chi connectivity index (χ1v) is 23.6. The minimum absolute atomic E-state index is 0.111. The van der Waals surface area contributed by atoms with Crippen LogP contribution in [0.15, 0.2) is 182 Å². The molecule has 13 heteroatoms. The zero-order valence-corrected chi connectivity index (χ0v) is 40.1. The molecule has 0 saturated carbocycles. The second-order valence-corrected chi connectivity index (χ2v) is 17.6. The lowest BCUT2D eigenvalue weighted by atomic mass is 9.77. The molecule has 6 aromatic carbocycles. The van der Waals surface area contributed by atoms with Crippen LogP contribution in [0.5, 0.6) is 0 Å². The molecular formula is C59H53FN4O8. The van der Waals surface area contributed by atoms with E-state index >= 15 is 0 Å². The number of halogens is 1. The number of esters is 3. The number of rotatable bonds is 18. The van der Waals surface area contributed by atoms with Gasteiger partial charge in [0.2, 0.25) is 11.7 Å². The van der Waals surface area contributed by atoms with Gasteiger partial charge in [0.15, 0.2) is 5.60 Å². The van der Waals surface area contributed by atoms with Crippen LogP contribution in [0.25, 0.3) is 0 Å². The van der Waals surface area contributed by atoms with E-state index in [1.165, 1.54) is 39.0 Å². The molecule has 1 aromatic heterocycles. The fourth-order valence-corrected chi connectivity index (χ4v) is 9.11. The van der Waals surface area contributed by atoms with Gasteiger partial charge in [-0.05, 0) is 101 Å². The number of aromatic nitrogens is 3. The summed E-state index contributed by atoms with van der Waals surface area (Å²) in [6, 6.07) is 51.1. The number of β-lactam (4-membered cyclic amide) rings is 1. The molecule has 2 heterocycles. The Labute approximate surface area is 417 Å². The second-order valence-electron chi connectivity index (χ2n) is 17.6. The lowest BCUT2D eigenvalue weighted by Crippen LogP contribution is -2.55. The van der Waals surface area contributed by atoms with Crippen molar-refractivity contribution in [2.24, 2.45) is 5.92 Å². The maximum absolute atomic E-state index is 14.3. The van der Waals surface area contributed by atoms with Crippen LogP contribution in [0.4, 0.5) is 10.1 Å². The van der Waals surface area contributed by atoms with E-state index in [9.17, 15) is 28.7 Å². The first-order valence-electron chi connectivity index (χ1n) is 23.6. The number of ether oxygens (including phenoxy) is 3. The third-order valence-electron chi connectivity index (χ3n) is 12.5. The van der Waals surface area contributed by atoms with Crippen molar-refractivity contribution < 1.29 is 42.9 Å². The van der Waals surface area contributed by atoms with E-state index < -0.39 is 66.1 Å². The van der Waals surface area contributed by atoms with Crippen LogP contribution in [0, 0.1) is 23.6 Å². The van der Waals surface area contributed by atoms with Gasteiger partial charge in [0.1, 0.15) is 37.0 Å². The summed E-state index contributed by atoms with van der Waals surface area (Å²) in [5.41, 5.74) is 4.16. The fraction of sp³-hybridized carbons (Fsp3) is 0.220. The highest BCUT2D eigenvalue weighted by molar-refractivity contribution is 6.03. The predicted octanol–water partition coefficient (Wildman–Crippen LogP) is 9.40. The standard InChI is InChI=1S/C59H53FN4O8/c1-41(65)70-38-58(69,39-71-42(2)66)37-13-14-44-21-26-47(27-22-44)56-53(34-35-54(72-43(3)67)46-28-30-51(60)31-29-46)57(68)64(56)52-32-23-45(24-33-52)25-36-55-61-40-63(62-55)59(48-15-7-4-8-16-48,49-17-9-5-10-18-49)50-19-11-6-12-20-50/h4-13,15-24,26-33,37,40,53-54,56,69H,14,34-35,38-39H2,1-3H3/t53-,54+,56-/m1/s1. The number of carbonyl (C=O) groups excluding carboxylic acids is 4. The van der Waals surface area contributed by atoms with Gasteiger partial charge < -0.3 is 24.2 Å². The maximum Gasteiger partial charge on any atom is 0.303 e. The molecule has 1 N–H and O–H groups in total. The molecule has 0 radical (unpaired) electrons. The van der Waals surface area contributed by atoms with Gasteiger partial charge in [0, 0.05) is 32.0 Å². The molecule has 364 valence electrons. The predicted molar refractivity (Wildman–Crippen MR) is 268 cm³/mol. The monoisotopic (exact) mass is 964 g/mol. The quantitative estimate of drug-likeness (QED) is 0.0220. The Bertz CT molecular complexity index is 2960. The molecule has 0 bridgehead atoms. The van der Waals surface area contributed by atoms with E-state index in [1.807, 2.05) is 108 Å². The largest absolute Gasteiger partial charge is 0.462 e. The number of aliphatic hydroxyl groups is 1. The number of benzene rings is 6. The summed E-state index contributed by atoms with van der Waals surface area (Å²) in [7, 11) is 0. The molecule has 12 nitrogen and oxygen atoms in total. The first kappa shape index (κ1) is 49.9. The van der Waals surface area contributed by atoms with E-state index in [-0.39, 0.29) is 5.91 Å². The van der Waals surface area contributed by atoms with Gasteiger partial charge in [-0.25, -0.2) is 14.1 Å². The van der Waals surface area contributed by atoms with Gasteiger partial charge in [-0.15, -0.1) is 5.10 Å². The summed E-state index contributed by atoms with van der Waals surface area (Å²) < 4.78 is 31.5. The third kappa shape index (κ3) is 11.6. The SMILES string of the molecule is CC(=O)OCC(O)(C=CCc1ccc([C@@H]2[C@@H](CC[C@H](OC(C)=O)c3ccc(F)cc3)C(=O)N2c2ccc(C#Cc3ncn(C(c4ccccc4)(c4ccccc4)c4ccccc4)n3)cc2)cc1)COC(C)=O. The van der Waals surface area contributed by atoms with Crippen molar-refractivity contribution in [1.82, 2.24) is 14.8 Å². The van der Waals surface area contributed by atoms with Crippen LogP contribution >= 0.6 is 0 Å². The van der Waals surface area contributed by atoms with Crippen LogP contribution in [0.2, 0.25) is 0 Å². The fourth-order valence-electron chi connectivity index (χ4n) is 9.11. The van der Waals surface area contributed by atoms with Crippen molar-refractivity contribution in [1.29, 1.82) is 0 Å². The second kappa shape index (κ2) is 22.5. The number of allylic oxidation sites excluding steroid dienone is 1. The number of carbonyl (C=O) groups is 4. The molecule has 0 spiro atoms. The number of nitrogens with zero attached hydrogens (tertiary/aromatic N) is 4. The van der Waals surface area contributed by atoms with Crippen LogP contribution < -0.4 is 4.90 Å². The molecular weight excluding hydrogens is 912 g/mol. The normalized spacial score (nSPS) is 15.0. The van der Waals surface area contributed by atoms with Crippen molar-refractivity contribution in [2.75, 3.05) is 18.1 Å². The van der Waals surface area contributed by atoms with E-state index in [1.54, 1.807) is 29.4 Å². The molecule has 1 fully saturated rings. The van der Waals surface area contributed by atoms with Gasteiger partial charge in [0.25, 0.3) is 0 Å². The van der Waals surface area contributed by atoms with E-state index in [0.717, 1.165) is 27.8 Å². The van der Waals surface area contributed by atoms with E-state index in [2.05, 4.69) is 53.2 Å². The number of amides is 1. The molecule has 1 aliphatic heterocycles. The van der Waals surface area contributed by atoms with Crippen LogP contribution in [0.3, 0.4) is 0 Å². The van der Waals surface area contributed by atoms with E-state index in [0.29, 0.717) is 41.9 Å². The highest BCUT2D eigenvalue weighted by atomic mass is 19.1. The summed E-state index contributed by atoms with van der Waals surface area (Å²) >= 11 is 0. The van der Waals surface area contributed by atoms with Gasteiger partial charge >= 0.3 is 17.9 Å². The van der Waals surface area contributed by atoms with Crippen molar-refractivity contribution in [3.63, 3.8) is 0 Å².